The summed E-state index contributed by atoms with van der Waals surface area (Å²) in [5.41, 5.74) is 2.53. The molecule has 2 aromatic rings. The van der Waals surface area contributed by atoms with Crippen LogP contribution < -0.4 is 10.1 Å². The van der Waals surface area contributed by atoms with Crippen LogP contribution in [0.25, 0.3) is 0 Å². The predicted octanol–water partition coefficient (Wildman–Crippen LogP) is 2.63. The summed E-state index contributed by atoms with van der Waals surface area (Å²) in [6.07, 6.45) is 3.86. The van der Waals surface area contributed by atoms with Crippen molar-refractivity contribution in [3.63, 3.8) is 0 Å². The molecule has 1 N–H and O–H groups in total. The Balaban J connectivity index is 1.40. The molecule has 0 aromatic heterocycles. The molecule has 184 valence electrons. The second-order valence-electron chi connectivity index (χ2n) is 8.72. The van der Waals surface area contributed by atoms with Crippen LogP contribution in [0.2, 0.25) is 0 Å². The molecule has 34 heavy (non-hydrogen) atoms. The maximum atomic E-state index is 13.2. The maximum Gasteiger partial charge on any atom is 0.251 e. The number of hydrogen-bond donors (Lipinski definition) is 1. The number of carbonyl (C=O) groups is 1. The van der Waals surface area contributed by atoms with Crippen LogP contribution in [0.5, 0.6) is 5.75 Å². The van der Waals surface area contributed by atoms with Crippen LogP contribution in [0.4, 0.5) is 0 Å². The van der Waals surface area contributed by atoms with Gasteiger partial charge in [0, 0.05) is 31.7 Å². The van der Waals surface area contributed by atoms with E-state index in [1.165, 1.54) is 48.4 Å². The Bertz CT molecular complexity index is 1080. The zero-order chi connectivity index (χ0) is 24.0. The Morgan fingerprint density at radius 2 is 1.65 bits per heavy atom. The Labute approximate surface area is 201 Å². The zero-order valence-electron chi connectivity index (χ0n) is 19.7. The van der Waals surface area contributed by atoms with Gasteiger partial charge >= 0.3 is 0 Å². The molecule has 0 atom stereocenters. The Kier molecular flexibility index (Phi) is 8.20. The van der Waals surface area contributed by atoms with Crippen molar-refractivity contribution in [1.29, 1.82) is 0 Å². The van der Waals surface area contributed by atoms with Gasteiger partial charge in [-0.15, -0.1) is 0 Å². The first kappa shape index (κ1) is 24.7. The van der Waals surface area contributed by atoms with E-state index in [2.05, 4.69) is 22.3 Å². The molecule has 0 radical (unpaired) electrons. The molecule has 2 aliphatic heterocycles. The number of morpholine rings is 1. The van der Waals surface area contributed by atoms with Crippen molar-refractivity contribution in [3.8, 4) is 5.75 Å². The second-order valence-corrected chi connectivity index (χ2v) is 10.6. The molecule has 0 spiro atoms. The lowest BCUT2D eigenvalue weighted by molar-refractivity contribution is 0.0729. The first-order chi connectivity index (χ1) is 16.5. The van der Waals surface area contributed by atoms with Crippen molar-refractivity contribution in [2.75, 3.05) is 46.5 Å². The lowest BCUT2D eigenvalue weighted by Crippen LogP contribution is -2.40. The van der Waals surface area contributed by atoms with Gasteiger partial charge in [-0.3, -0.25) is 9.69 Å². The van der Waals surface area contributed by atoms with Crippen LogP contribution >= 0.6 is 0 Å². The van der Waals surface area contributed by atoms with Crippen molar-refractivity contribution < 1.29 is 22.7 Å². The Morgan fingerprint density at radius 3 is 2.32 bits per heavy atom. The molecule has 0 unspecified atom stereocenters. The van der Waals surface area contributed by atoms with Crippen molar-refractivity contribution in [3.05, 3.63) is 59.2 Å². The molecule has 0 saturated carbocycles. The number of nitrogens with one attached hydrogen (secondary N) is 1. The average molecular weight is 488 g/mol. The number of hydrogen-bond acceptors (Lipinski definition) is 6. The van der Waals surface area contributed by atoms with E-state index in [0.717, 1.165) is 25.2 Å². The van der Waals surface area contributed by atoms with Gasteiger partial charge in [-0.05, 0) is 55.3 Å². The number of sulfonamides is 1. The van der Waals surface area contributed by atoms with Gasteiger partial charge < -0.3 is 14.8 Å². The highest BCUT2D eigenvalue weighted by molar-refractivity contribution is 7.89. The number of likely N-dealkylation sites (tertiary alicyclic amines) is 1. The van der Waals surface area contributed by atoms with Crippen molar-refractivity contribution >= 4 is 15.9 Å². The summed E-state index contributed by atoms with van der Waals surface area (Å²) in [6, 6.07) is 12.8. The molecule has 0 aliphatic carbocycles. The summed E-state index contributed by atoms with van der Waals surface area (Å²) in [7, 11) is -2.38. The lowest BCUT2D eigenvalue weighted by Gasteiger charge is -2.26. The first-order valence-corrected chi connectivity index (χ1v) is 13.3. The molecule has 2 aliphatic rings. The van der Waals surface area contributed by atoms with Crippen molar-refractivity contribution in [2.45, 2.75) is 37.2 Å². The minimum absolute atomic E-state index is 0.00776. The minimum atomic E-state index is -3.80. The molecule has 9 heteroatoms. The van der Waals surface area contributed by atoms with Crippen molar-refractivity contribution in [2.24, 2.45) is 0 Å². The van der Waals surface area contributed by atoms with Gasteiger partial charge in [0.15, 0.2) is 0 Å². The number of carbonyl (C=O) groups excluding carboxylic acids is 1. The molecule has 8 nitrogen and oxygen atoms in total. The SMILES string of the molecule is COc1ccc(C(=O)NCc2ccc(CN3CCCCC3)cc2)cc1S(=O)(=O)N1CCOCC1. The highest BCUT2D eigenvalue weighted by Gasteiger charge is 2.30. The molecule has 2 fully saturated rings. The van der Waals surface area contributed by atoms with Gasteiger partial charge in [-0.1, -0.05) is 30.7 Å². The van der Waals surface area contributed by atoms with Crippen LogP contribution in [0.3, 0.4) is 0 Å². The fourth-order valence-electron chi connectivity index (χ4n) is 4.37. The third-order valence-electron chi connectivity index (χ3n) is 6.34. The summed E-state index contributed by atoms with van der Waals surface area (Å²) in [6.45, 7) is 4.87. The molecule has 1 amide bonds. The van der Waals surface area contributed by atoms with E-state index in [4.69, 9.17) is 9.47 Å². The van der Waals surface area contributed by atoms with Gasteiger partial charge in [0.2, 0.25) is 10.0 Å². The summed E-state index contributed by atoms with van der Waals surface area (Å²) in [5.74, 6) is -0.120. The topological polar surface area (TPSA) is 88.2 Å². The largest absolute Gasteiger partial charge is 0.495 e. The zero-order valence-corrected chi connectivity index (χ0v) is 20.5. The van der Waals surface area contributed by atoms with Crippen LogP contribution in [0, 0.1) is 0 Å². The van der Waals surface area contributed by atoms with Gasteiger partial charge in [-0.2, -0.15) is 4.31 Å². The van der Waals surface area contributed by atoms with Gasteiger partial charge in [-0.25, -0.2) is 8.42 Å². The predicted molar refractivity (Wildman–Crippen MR) is 129 cm³/mol. The average Bonchev–Trinajstić information content (AvgIpc) is 2.89. The van der Waals surface area contributed by atoms with Crippen LogP contribution in [-0.2, 0) is 27.8 Å². The maximum absolute atomic E-state index is 13.2. The van der Waals surface area contributed by atoms with E-state index in [-0.39, 0.29) is 35.2 Å². The van der Waals surface area contributed by atoms with Gasteiger partial charge in [0.1, 0.15) is 10.6 Å². The normalized spacial score (nSPS) is 17.9. The highest BCUT2D eigenvalue weighted by Crippen LogP contribution is 2.28. The van der Waals surface area contributed by atoms with E-state index in [0.29, 0.717) is 19.8 Å². The number of piperidine rings is 1. The summed E-state index contributed by atoms with van der Waals surface area (Å²) >= 11 is 0. The first-order valence-electron chi connectivity index (χ1n) is 11.8. The second kappa shape index (κ2) is 11.3. The Hall–Kier alpha value is -2.46. The summed E-state index contributed by atoms with van der Waals surface area (Å²) in [5, 5.41) is 2.89. The molecule has 0 bridgehead atoms. The fraction of sp³-hybridized carbons (Fsp3) is 0.480. The summed E-state index contributed by atoms with van der Waals surface area (Å²) < 4.78 is 38.2. The molecule has 2 aromatic carbocycles. The van der Waals surface area contributed by atoms with Gasteiger partial charge in [0.05, 0.1) is 20.3 Å². The molecule has 2 saturated heterocycles. The van der Waals surface area contributed by atoms with Crippen LogP contribution in [-0.4, -0.2) is 70.0 Å². The van der Waals surface area contributed by atoms with E-state index in [9.17, 15) is 13.2 Å². The number of methoxy groups -OCH3 is 1. The van der Waals surface area contributed by atoms with Crippen molar-refractivity contribution in [1.82, 2.24) is 14.5 Å². The smallest absolute Gasteiger partial charge is 0.251 e. The number of nitrogens with zero attached hydrogens (tertiary/aromatic N) is 2. The van der Waals surface area contributed by atoms with Crippen LogP contribution in [0.1, 0.15) is 40.7 Å². The van der Waals surface area contributed by atoms with E-state index >= 15 is 0 Å². The Morgan fingerprint density at radius 1 is 0.971 bits per heavy atom. The monoisotopic (exact) mass is 487 g/mol. The highest BCUT2D eigenvalue weighted by atomic mass is 32.2. The quantitative estimate of drug-likeness (QED) is 0.616. The molecule has 2 heterocycles. The van der Waals surface area contributed by atoms with E-state index in [1.54, 1.807) is 6.07 Å². The van der Waals surface area contributed by atoms with E-state index < -0.39 is 10.0 Å². The molecular formula is C25H33N3O5S. The molecular weight excluding hydrogens is 454 g/mol. The van der Waals surface area contributed by atoms with E-state index in [1.807, 2.05) is 12.1 Å². The fourth-order valence-corrected chi connectivity index (χ4v) is 5.96. The van der Waals surface area contributed by atoms with Gasteiger partial charge in [0.25, 0.3) is 5.91 Å². The molecule has 4 rings (SSSR count). The minimum Gasteiger partial charge on any atom is -0.495 e. The standard InChI is InChI=1S/C25H33N3O5S/c1-32-23-10-9-22(17-24(23)34(30,31)28-13-15-33-16-14-28)25(29)26-18-20-5-7-21(8-6-20)19-27-11-3-2-4-12-27/h5-10,17H,2-4,11-16,18-19H2,1H3,(H,26,29). The number of benzene rings is 2. The number of ether oxygens (including phenoxy) is 2. The number of amides is 1. The summed E-state index contributed by atoms with van der Waals surface area (Å²) in [4.78, 5) is 15.3. The lowest BCUT2D eigenvalue weighted by atomic mass is 10.1. The third-order valence-corrected chi connectivity index (χ3v) is 8.26. The van der Waals surface area contributed by atoms with Crippen LogP contribution in [0.15, 0.2) is 47.4 Å². The number of rotatable bonds is 8. The third kappa shape index (κ3) is 5.96.